The Balaban J connectivity index is 2.30. The van der Waals surface area contributed by atoms with Gasteiger partial charge in [0.15, 0.2) is 0 Å². The van der Waals surface area contributed by atoms with E-state index in [4.69, 9.17) is 10.5 Å². The minimum atomic E-state index is -0.268. The highest BCUT2D eigenvalue weighted by atomic mass is 16.5. The van der Waals surface area contributed by atoms with Crippen LogP contribution in [0.15, 0.2) is 30.3 Å². The highest BCUT2D eigenvalue weighted by Gasteiger charge is 2.11. The van der Waals surface area contributed by atoms with Crippen molar-refractivity contribution in [1.82, 2.24) is 15.3 Å². The second kappa shape index (κ2) is 7.58. The molecule has 0 radical (unpaired) electrons. The van der Waals surface area contributed by atoms with Gasteiger partial charge in [-0.1, -0.05) is 26.0 Å². The molecule has 0 saturated carbocycles. The standard InChI is InChI=1S/C17H22N4O2/c1-4-19-16(22)15-9-14(20-17(18)21-15)12-6-5-7-13(8-12)23-10-11(2)3/h5-9,11H,4,10H2,1-3H3,(H,19,22)(H2,18,20,21). The lowest BCUT2D eigenvalue weighted by Crippen LogP contribution is -2.24. The topological polar surface area (TPSA) is 90.1 Å². The number of nitrogens with one attached hydrogen (secondary N) is 1. The predicted molar refractivity (Wildman–Crippen MR) is 90.2 cm³/mol. The number of anilines is 1. The molecule has 1 aromatic carbocycles. The number of nitrogen functional groups attached to an aromatic ring is 1. The summed E-state index contributed by atoms with van der Waals surface area (Å²) in [5, 5.41) is 2.70. The van der Waals surface area contributed by atoms with Crippen molar-refractivity contribution in [3.63, 3.8) is 0 Å². The van der Waals surface area contributed by atoms with Gasteiger partial charge in [-0.05, 0) is 31.0 Å². The first kappa shape index (κ1) is 16.7. The van der Waals surface area contributed by atoms with Gasteiger partial charge in [0, 0.05) is 12.1 Å². The van der Waals surface area contributed by atoms with E-state index in [1.807, 2.05) is 31.2 Å². The van der Waals surface area contributed by atoms with E-state index in [-0.39, 0.29) is 17.5 Å². The van der Waals surface area contributed by atoms with Gasteiger partial charge >= 0.3 is 0 Å². The molecule has 3 N–H and O–H groups in total. The van der Waals surface area contributed by atoms with E-state index in [0.29, 0.717) is 24.8 Å². The molecule has 0 fully saturated rings. The van der Waals surface area contributed by atoms with Crippen LogP contribution in [0.2, 0.25) is 0 Å². The van der Waals surface area contributed by atoms with Crippen LogP contribution in [0.4, 0.5) is 5.95 Å². The Bertz CT molecular complexity index is 686. The lowest BCUT2D eigenvalue weighted by atomic mass is 10.1. The fourth-order valence-electron chi connectivity index (χ4n) is 1.99. The zero-order chi connectivity index (χ0) is 16.8. The van der Waals surface area contributed by atoms with Crippen molar-refractivity contribution >= 4 is 11.9 Å². The van der Waals surface area contributed by atoms with Crippen molar-refractivity contribution in [1.29, 1.82) is 0 Å². The summed E-state index contributed by atoms with van der Waals surface area (Å²) in [6.07, 6.45) is 0. The van der Waals surface area contributed by atoms with E-state index >= 15 is 0 Å². The molecule has 0 aliphatic carbocycles. The summed E-state index contributed by atoms with van der Waals surface area (Å²) in [6, 6.07) is 9.18. The van der Waals surface area contributed by atoms with Gasteiger partial charge in [-0.25, -0.2) is 9.97 Å². The minimum Gasteiger partial charge on any atom is -0.493 e. The Labute approximate surface area is 136 Å². The maximum absolute atomic E-state index is 11.9. The van der Waals surface area contributed by atoms with Crippen LogP contribution >= 0.6 is 0 Å². The number of ether oxygens (including phenoxy) is 1. The van der Waals surface area contributed by atoms with Crippen LogP contribution < -0.4 is 15.8 Å². The SMILES string of the molecule is CCNC(=O)c1cc(-c2cccc(OCC(C)C)c2)nc(N)n1. The summed E-state index contributed by atoms with van der Waals surface area (Å²) in [7, 11) is 0. The third-order valence-corrected chi connectivity index (χ3v) is 3.03. The summed E-state index contributed by atoms with van der Waals surface area (Å²) < 4.78 is 5.72. The number of hydrogen-bond acceptors (Lipinski definition) is 5. The average Bonchev–Trinajstić information content (AvgIpc) is 2.53. The van der Waals surface area contributed by atoms with Gasteiger partial charge in [-0.3, -0.25) is 4.79 Å². The van der Waals surface area contributed by atoms with Crippen LogP contribution in [0.1, 0.15) is 31.3 Å². The van der Waals surface area contributed by atoms with Crippen LogP contribution in [0, 0.1) is 5.92 Å². The summed E-state index contributed by atoms with van der Waals surface area (Å²) in [4.78, 5) is 20.1. The quantitative estimate of drug-likeness (QED) is 0.855. The molecule has 1 amide bonds. The lowest BCUT2D eigenvalue weighted by molar-refractivity contribution is 0.0951. The molecule has 0 bridgehead atoms. The number of carbonyl (C=O) groups is 1. The highest BCUT2D eigenvalue weighted by molar-refractivity contribution is 5.93. The van der Waals surface area contributed by atoms with Crippen molar-refractivity contribution < 1.29 is 9.53 Å². The molecule has 0 saturated heterocycles. The Hall–Kier alpha value is -2.63. The van der Waals surface area contributed by atoms with E-state index in [0.717, 1.165) is 11.3 Å². The van der Waals surface area contributed by atoms with Crippen LogP contribution in [0.25, 0.3) is 11.3 Å². The normalized spacial score (nSPS) is 10.6. The van der Waals surface area contributed by atoms with E-state index < -0.39 is 0 Å². The second-order valence-corrected chi connectivity index (χ2v) is 5.59. The molecule has 122 valence electrons. The number of rotatable bonds is 6. The Kier molecular flexibility index (Phi) is 5.51. The van der Waals surface area contributed by atoms with Gasteiger partial charge < -0.3 is 15.8 Å². The van der Waals surface area contributed by atoms with Crippen molar-refractivity contribution in [3.05, 3.63) is 36.0 Å². The first-order valence-corrected chi connectivity index (χ1v) is 7.65. The van der Waals surface area contributed by atoms with Gasteiger partial charge in [0.2, 0.25) is 5.95 Å². The van der Waals surface area contributed by atoms with Crippen molar-refractivity contribution in [2.75, 3.05) is 18.9 Å². The molecule has 0 unspecified atom stereocenters. The Morgan fingerprint density at radius 3 is 2.78 bits per heavy atom. The monoisotopic (exact) mass is 314 g/mol. The van der Waals surface area contributed by atoms with Crippen LogP contribution in [0.3, 0.4) is 0 Å². The lowest BCUT2D eigenvalue weighted by Gasteiger charge is -2.10. The van der Waals surface area contributed by atoms with E-state index in [2.05, 4.69) is 29.1 Å². The third-order valence-electron chi connectivity index (χ3n) is 3.03. The fourth-order valence-corrected chi connectivity index (χ4v) is 1.99. The second-order valence-electron chi connectivity index (χ2n) is 5.59. The molecular weight excluding hydrogens is 292 g/mol. The van der Waals surface area contributed by atoms with Crippen molar-refractivity contribution in [2.24, 2.45) is 5.92 Å². The number of nitrogens with zero attached hydrogens (tertiary/aromatic N) is 2. The first-order valence-electron chi connectivity index (χ1n) is 7.65. The van der Waals surface area contributed by atoms with Gasteiger partial charge in [0.1, 0.15) is 11.4 Å². The largest absolute Gasteiger partial charge is 0.493 e. The maximum Gasteiger partial charge on any atom is 0.270 e. The molecule has 0 aliphatic heterocycles. The van der Waals surface area contributed by atoms with E-state index in [9.17, 15) is 4.79 Å². The number of hydrogen-bond donors (Lipinski definition) is 2. The maximum atomic E-state index is 11.9. The molecule has 1 heterocycles. The van der Waals surface area contributed by atoms with Crippen LogP contribution in [0.5, 0.6) is 5.75 Å². The number of nitrogens with two attached hydrogens (primary N) is 1. The van der Waals surface area contributed by atoms with Crippen LogP contribution in [-0.4, -0.2) is 29.0 Å². The van der Waals surface area contributed by atoms with Gasteiger partial charge in [-0.15, -0.1) is 0 Å². The molecule has 0 aliphatic rings. The summed E-state index contributed by atoms with van der Waals surface area (Å²) in [6.45, 7) is 7.19. The minimum absolute atomic E-state index is 0.0669. The average molecular weight is 314 g/mol. The smallest absolute Gasteiger partial charge is 0.270 e. The first-order chi connectivity index (χ1) is 11.0. The fraction of sp³-hybridized carbons (Fsp3) is 0.353. The Morgan fingerprint density at radius 1 is 1.30 bits per heavy atom. The third kappa shape index (κ3) is 4.67. The molecule has 0 atom stereocenters. The summed E-state index contributed by atoms with van der Waals surface area (Å²) in [5.41, 5.74) is 7.40. The number of amides is 1. The molecular formula is C17H22N4O2. The van der Waals surface area contributed by atoms with Gasteiger partial charge in [0.05, 0.1) is 12.3 Å². The highest BCUT2D eigenvalue weighted by Crippen LogP contribution is 2.23. The Morgan fingerprint density at radius 2 is 2.09 bits per heavy atom. The number of benzene rings is 1. The molecule has 1 aromatic heterocycles. The van der Waals surface area contributed by atoms with Gasteiger partial charge in [-0.2, -0.15) is 0 Å². The zero-order valence-corrected chi connectivity index (χ0v) is 13.7. The molecule has 6 heteroatoms. The van der Waals surface area contributed by atoms with Crippen LogP contribution in [-0.2, 0) is 0 Å². The van der Waals surface area contributed by atoms with Crippen molar-refractivity contribution in [2.45, 2.75) is 20.8 Å². The number of carbonyl (C=O) groups excluding carboxylic acids is 1. The van der Waals surface area contributed by atoms with E-state index in [1.165, 1.54) is 0 Å². The number of aromatic nitrogens is 2. The molecule has 2 rings (SSSR count). The van der Waals surface area contributed by atoms with E-state index in [1.54, 1.807) is 6.07 Å². The zero-order valence-electron chi connectivity index (χ0n) is 13.7. The molecule has 0 spiro atoms. The molecule has 6 nitrogen and oxygen atoms in total. The summed E-state index contributed by atoms with van der Waals surface area (Å²) >= 11 is 0. The van der Waals surface area contributed by atoms with Crippen molar-refractivity contribution in [3.8, 4) is 17.0 Å². The summed E-state index contributed by atoms with van der Waals surface area (Å²) in [5.74, 6) is 0.998. The molecule has 23 heavy (non-hydrogen) atoms. The van der Waals surface area contributed by atoms with Gasteiger partial charge in [0.25, 0.3) is 5.91 Å². The molecule has 2 aromatic rings. The predicted octanol–water partition coefficient (Wildman–Crippen LogP) is 2.51.